The van der Waals surface area contributed by atoms with Gasteiger partial charge in [0.2, 0.25) is 5.95 Å². The molecular weight excluding hydrogens is 423 g/mol. The zero-order valence-electron chi connectivity index (χ0n) is 16.8. The van der Waals surface area contributed by atoms with E-state index in [0.29, 0.717) is 29.8 Å². The first-order valence-corrected chi connectivity index (χ1v) is 10.2. The second-order valence-corrected chi connectivity index (χ2v) is 7.61. The van der Waals surface area contributed by atoms with E-state index < -0.39 is 5.91 Å². The summed E-state index contributed by atoms with van der Waals surface area (Å²) in [6.07, 6.45) is 1.59. The minimum absolute atomic E-state index is 0.222. The molecule has 0 aliphatic rings. The summed E-state index contributed by atoms with van der Waals surface area (Å²) in [6.45, 7) is 6.83. The number of hydrogen-bond donors (Lipinski definition) is 3. The van der Waals surface area contributed by atoms with Gasteiger partial charge in [-0.3, -0.25) is 4.79 Å². The van der Waals surface area contributed by atoms with Gasteiger partial charge in [-0.1, -0.05) is 43.1 Å². The van der Waals surface area contributed by atoms with Gasteiger partial charge in [-0.05, 0) is 31.0 Å². The molecule has 0 atom stereocenters. The Bertz CT molecular complexity index is 1040. The number of nitrogens with one attached hydrogen (secondary N) is 3. The number of benzene rings is 1. The molecule has 30 heavy (non-hydrogen) atoms. The molecule has 3 aromatic rings. The summed E-state index contributed by atoms with van der Waals surface area (Å²) in [5.41, 5.74) is 1.67. The Labute approximate surface area is 185 Å². The van der Waals surface area contributed by atoms with Crippen molar-refractivity contribution in [3.63, 3.8) is 0 Å². The van der Waals surface area contributed by atoms with Gasteiger partial charge < -0.3 is 16.0 Å². The average Bonchev–Trinajstić information content (AvgIpc) is 2.68. The number of aromatic nitrogens is 3. The summed E-state index contributed by atoms with van der Waals surface area (Å²) in [5.74, 6) is 1.51. The second-order valence-electron chi connectivity index (χ2n) is 6.79. The van der Waals surface area contributed by atoms with Gasteiger partial charge in [0, 0.05) is 30.6 Å². The monoisotopic (exact) mass is 444 g/mol. The lowest BCUT2D eigenvalue weighted by Crippen LogP contribution is -2.13. The summed E-state index contributed by atoms with van der Waals surface area (Å²) >= 11 is 12.2. The number of carbonyl (C=O) groups excluding carboxylic acids is 1. The van der Waals surface area contributed by atoms with Crippen molar-refractivity contribution in [1.82, 2.24) is 15.0 Å². The maximum Gasteiger partial charge on any atom is 0.258 e. The van der Waals surface area contributed by atoms with Crippen LogP contribution < -0.4 is 16.0 Å². The molecule has 0 spiro atoms. The number of halogens is 2. The van der Waals surface area contributed by atoms with Crippen molar-refractivity contribution in [2.24, 2.45) is 0 Å². The molecule has 0 saturated carbocycles. The van der Waals surface area contributed by atoms with Crippen molar-refractivity contribution in [2.75, 3.05) is 22.5 Å². The Balaban J connectivity index is 1.82. The third-order valence-corrected chi connectivity index (χ3v) is 4.77. The van der Waals surface area contributed by atoms with Crippen LogP contribution in [0.3, 0.4) is 0 Å². The number of hydrogen-bond acceptors (Lipinski definition) is 6. The molecule has 7 nitrogen and oxygen atoms in total. The predicted molar refractivity (Wildman–Crippen MR) is 122 cm³/mol. The van der Waals surface area contributed by atoms with Crippen molar-refractivity contribution in [3.05, 3.63) is 63.9 Å². The van der Waals surface area contributed by atoms with Gasteiger partial charge in [0.15, 0.2) is 0 Å². The number of nitrogens with zero attached hydrogens (tertiary/aromatic N) is 3. The van der Waals surface area contributed by atoms with Crippen molar-refractivity contribution in [2.45, 2.75) is 26.7 Å². The molecule has 0 unspecified atom stereocenters. The number of rotatable bonds is 7. The Kier molecular flexibility index (Phi) is 7.07. The fourth-order valence-electron chi connectivity index (χ4n) is 2.68. The third kappa shape index (κ3) is 5.37. The smallest absolute Gasteiger partial charge is 0.258 e. The van der Waals surface area contributed by atoms with E-state index in [-0.39, 0.29) is 21.5 Å². The van der Waals surface area contributed by atoms with Crippen LogP contribution in [0.25, 0.3) is 0 Å². The van der Waals surface area contributed by atoms with E-state index >= 15 is 0 Å². The lowest BCUT2D eigenvalue weighted by molar-refractivity contribution is 0.102. The van der Waals surface area contributed by atoms with Gasteiger partial charge in [0.25, 0.3) is 5.91 Å². The fraction of sp³-hybridized carbons (Fsp3) is 0.238. The van der Waals surface area contributed by atoms with Crippen molar-refractivity contribution in [1.29, 1.82) is 0 Å². The topological polar surface area (TPSA) is 91.8 Å². The summed E-state index contributed by atoms with van der Waals surface area (Å²) in [6, 6.07) is 10.2. The van der Waals surface area contributed by atoms with Gasteiger partial charge in [0.1, 0.15) is 11.6 Å². The summed E-state index contributed by atoms with van der Waals surface area (Å²) in [7, 11) is 0. The molecule has 1 amide bonds. The maximum absolute atomic E-state index is 12.6. The van der Waals surface area contributed by atoms with E-state index in [4.69, 9.17) is 23.2 Å². The van der Waals surface area contributed by atoms with Crippen LogP contribution in [0.15, 0.2) is 42.6 Å². The Morgan fingerprint density at radius 2 is 1.80 bits per heavy atom. The van der Waals surface area contributed by atoms with Crippen LogP contribution in [0.4, 0.5) is 23.3 Å². The first-order valence-electron chi connectivity index (χ1n) is 9.48. The summed E-state index contributed by atoms with van der Waals surface area (Å²) in [5, 5.41) is 9.66. The molecule has 0 aliphatic heterocycles. The van der Waals surface area contributed by atoms with E-state index in [1.165, 1.54) is 0 Å². The van der Waals surface area contributed by atoms with Gasteiger partial charge >= 0.3 is 0 Å². The van der Waals surface area contributed by atoms with E-state index in [0.717, 1.165) is 5.69 Å². The third-order valence-electron chi connectivity index (χ3n) is 4.14. The van der Waals surface area contributed by atoms with Gasteiger partial charge in [-0.15, -0.1) is 0 Å². The minimum atomic E-state index is -0.402. The Morgan fingerprint density at radius 3 is 2.47 bits per heavy atom. The SMILES string of the molecule is CCNc1nc(Nc2cc(NC(=O)c3c(Cl)cccc3Cl)ccn2)cc(C(C)C)n1. The molecule has 0 aliphatic carbocycles. The fourth-order valence-corrected chi connectivity index (χ4v) is 3.25. The molecule has 3 rings (SSSR count). The molecule has 9 heteroatoms. The van der Waals surface area contributed by atoms with E-state index in [1.54, 1.807) is 36.5 Å². The van der Waals surface area contributed by atoms with Crippen LogP contribution in [0, 0.1) is 0 Å². The Hall–Kier alpha value is -2.90. The zero-order valence-corrected chi connectivity index (χ0v) is 18.3. The molecule has 2 aromatic heterocycles. The highest BCUT2D eigenvalue weighted by Gasteiger charge is 2.15. The van der Waals surface area contributed by atoms with E-state index in [9.17, 15) is 4.79 Å². The van der Waals surface area contributed by atoms with Crippen LogP contribution in [-0.4, -0.2) is 27.4 Å². The quantitative estimate of drug-likeness (QED) is 0.430. The average molecular weight is 445 g/mol. The number of amides is 1. The van der Waals surface area contributed by atoms with Crippen molar-refractivity contribution >= 4 is 52.4 Å². The van der Waals surface area contributed by atoms with Crippen LogP contribution in [0.2, 0.25) is 10.0 Å². The van der Waals surface area contributed by atoms with Gasteiger partial charge in [0.05, 0.1) is 21.3 Å². The Morgan fingerprint density at radius 1 is 1.07 bits per heavy atom. The van der Waals surface area contributed by atoms with E-state index in [2.05, 4.69) is 44.7 Å². The largest absolute Gasteiger partial charge is 0.354 e. The standard InChI is InChI=1S/C21H22Cl2N6O/c1-4-24-21-27-16(12(2)3)11-18(29-21)28-17-10-13(8-9-25-17)26-20(30)19-14(22)6-5-7-15(19)23/h5-12H,4H2,1-3H3,(H3,24,25,26,27,28,29,30). The number of pyridine rings is 1. The van der Waals surface area contributed by atoms with Crippen molar-refractivity contribution < 1.29 is 4.79 Å². The highest BCUT2D eigenvalue weighted by atomic mass is 35.5. The molecule has 2 heterocycles. The molecule has 0 saturated heterocycles. The van der Waals surface area contributed by atoms with Crippen LogP contribution in [0.5, 0.6) is 0 Å². The molecule has 0 radical (unpaired) electrons. The van der Waals surface area contributed by atoms with Crippen LogP contribution >= 0.6 is 23.2 Å². The molecule has 156 valence electrons. The maximum atomic E-state index is 12.6. The molecule has 0 fully saturated rings. The molecule has 3 N–H and O–H groups in total. The number of carbonyl (C=O) groups is 1. The van der Waals surface area contributed by atoms with E-state index in [1.807, 2.05) is 13.0 Å². The minimum Gasteiger partial charge on any atom is -0.354 e. The normalized spacial score (nSPS) is 10.7. The first-order chi connectivity index (χ1) is 14.4. The van der Waals surface area contributed by atoms with Crippen LogP contribution in [0.1, 0.15) is 42.7 Å². The molecule has 0 bridgehead atoms. The predicted octanol–water partition coefficient (Wildman–Crippen LogP) is 5.73. The lowest BCUT2D eigenvalue weighted by Gasteiger charge is -2.13. The van der Waals surface area contributed by atoms with Crippen molar-refractivity contribution in [3.8, 4) is 0 Å². The van der Waals surface area contributed by atoms with Gasteiger partial charge in [-0.25, -0.2) is 9.97 Å². The molecular formula is C21H22Cl2N6O. The van der Waals surface area contributed by atoms with Gasteiger partial charge in [-0.2, -0.15) is 4.98 Å². The number of anilines is 4. The highest BCUT2D eigenvalue weighted by molar-refractivity contribution is 6.40. The first kappa shape index (κ1) is 21.8. The lowest BCUT2D eigenvalue weighted by atomic mass is 10.1. The zero-order chi connectivity index (χ0) is 21.7. The summed E-state index contributed by atoms with van der Waals surface area (Å²) in [4.78, 5) is 25.9. The highest BCUT2D eigenvalue weighted by Crippen LogP contribution is 2.26. The van der Waals surface area contributed by atoms with Crippen LogP contribution in [-0.2, 0) is 0 Å². The summed E-state index contributed by atoms with van der Waals surface area (Å²) < 4.78 is 0. The second kappa shape index (κ2) is 9.73. The molecule has 1 aromatic carbocycles.